The molecule has 0 aromatic heterocycles. The predicted molar refractivity (Wildman–Crippen MR) is 183 cm³/mol. The van der Waals surface area contributed by atoms with Gasteiger partial charge in [-0.1, -0.05) is 48.5 Å². The van der Waals surface area contributed by atoms with Crippen LogP contribution in [0.15, 0.2) is 97.1 Å². The molecule has 0 saturated heterocycles. The van der Waals surface area contributed by atoms with Crippen LogP contribution in [-0.4, -0.2) is 69.4 Å². The van der Waals surface area contributed by atoms with E-state index in [4.69, 9.17) is 37.9 Å². The topological polar surface area (TPSA) is 193 Å². The van der Waals surface area contributed by atoms with Gasteiger partial charge in [-0.2, -0.15) is 0 Å². The Labute approximate surface area is 303 Å². The summed E-state index contributed by atoms with van der Waals surface area (Å²) in [4.78, 5) is 82.0. The van der Waals surface area contributed by atoms with Gasteiger partial charge < -0.3 is 37.9 Å². The first kappa shape index (κ1) is 40.4. The summed E-state index contributed by atoms with van der Waals surface area (Å²) in [5.41, 5.74) is 0.389. The number of Topliss-reactive ketones (excluding diaryl/α,β-unsaturated/α-hetero) is 1. The van der Waals surface area contributed by atoms with Gasteiger partial charge in [0.1, 0.15) is 57.5 Å². The molecule has 0 saturated carbocycles. The van der Waals surface area contributed by atoms with Gasteiger partial charge in [0.2, 0.25) is 13.6 Å². The van der Waals surface area contributed by atoms with E-state index >= 15 is 0 Å². The van der Waals surface area contributed by atoms with Crippen molar-refractivity contribution in [1.82, 2.24) is 0 Å². The molecular formula is C38H34O15. The van der Waals surface area contributed by atoms with Gasteiger partial charge in [0.25, 0.3) is 0 Å². The molecular weight excluding hydrogens is 696 g/mol. The van der Waals surface area contributed by atoms with Gasteiger partial charge in [0.15, 0.2) is 0 Å². The standard InChI is InChI=1S/C20H18O8.C18H16O7/c1-13(21)11-18(22)28-17-10-6-4-8-15(17)20(24)27-12-26-19(23)14-7-3-5-9-16(14)25-2;1-12(19)25-16-10-6-4-8-14(16)18(21)24-11-23-17(20)13-7-3-5-9-15(13)22-2/h3-10H,11-12H2,1-2H3;3-10H,11H2,1-2H3. The lowest BCUT2D eigenvalue weighted by Gasteiger charge is -2.11. The first-order chi connectivity index (χ1) is 25.4. The Bertz CT molecular complexity index is 1950. The van der Waals surface area contributed by atoms with Gasteiger partial charge in [-0.25, -0.2) is 19.2 Å². The number of benzene rings is 4. The fraction of sp³-hybridized carbons (Fsp3) is 0.184. The third kappa shape index (κ3) is 12.7. The van der Waals surface area contributed by atoms with Gasteiger partial charge >= 0.3 is 35.8 Å². The van der Waals surface area contributed by atoms with E-state index in [1.165, 1.54) is 64.5 Å². The minimum Gasteiger partial charge on any atom is -0.496 e. The van der Waals surface area contributed by atoms with Crippen LogP contribution < -0.4 is 18.9 Å². The van der Waals surface area contributed by atoms with Gasteiger partial charge in [-0.3, -0.25) is 14.4 Å². The van der Waals surface area contributed by atoms with Crippen LogP contribution in [0.2, 0.25) is 0 Å². The van der Waals surface area contributed by atoms with Crippen LogP contribution in [0.1, 0.15) is 61.7 Å². The van der Waals surface area contributed by atoms with Crippen LogP contribution in [0.3, 0.4) is 0 Å². The average Bonchev–Trinajstić information content (AvgIpc) is 3.14. The van der Waals surface area contributed by atoms with Crippen molar-refractivity contribution in [2.24, 2.45) is 0 Å². The summed E-state index contributed by atoms with van der Waals surface area (Å²) in [6.45, 7) is 1.23. The molecule has 15 nitrogen and oxygen atoms in total. The highest BCUT2D eigenvalue weighted by Gasteiger charge is 2.20. The molecule has 0 bridgehead atoms. The SMILES string of the molecule is COc1ccccc1C(=O)OCOC(=O)c1ccccc1OC(=O)CC(C)=O.COc1ccccc1C(=O)OCOC(=O)c1ccccc1OC(C)=O. The zero-order valence-electron chi connectivity index (χ0n) is 29.0. The second-order valence-electron chi connectivity index (χ2n) is 10.3. The Morgan fingerprint density at radius 3 is 1.06 bits per heavy atom. The summed E-state index contributed by atoms with van der Waals surface area (Å²) in [6, 6.07) is 24.9. The quantitative estimate of drug-likeness (QED) is 0.0716. The zero-order valence-corrected chi connectivity index (χ0v) is 29.0. The molecule has 0 N–H and O–H groups in total. The smallest absolute Gasteiger partial charge is 0.344 e. The lowest BCUT2D eigenvalue weighted by molar-refractivity contribution is -0.137. The summed E-state index contributed by atoms with van der Waals surface area (Å²) in [5.74, 6) is -4.13. The molecule has 4 aromatic rings. The highest BCUT2D eigenvalue weighted by molar-refractivity contribution is 5.98. The van der Waals surface area contributed by atoms with Crippen LogP contribution in [0, 0.1) is 0 Å². The number of carbonyl (C=O) groups excluding carboxylic acids is 7. The van der Waals surface area contributed by atoms with Crippen LogP contribution >= 0.6 is 0 Å². The number of carbonyl (C=O) groups is 7. The van der Waals surface area contributed by atoms with E-state index < -0.39 is 55.8 Å². The van der Waals surface area contributed by atoms with Crippen LogP contribution in [-0.2, 0) is 33.3 Å². The third-order valence-electron chi connectivity index (χ3n) is 6.50. The van der Waals surface area contributed by atoms with E-state index in [0.717, 1.165) is 0 Å². The molecule has 0 heterocycles. The minimum atomic E-state index is -0.862. The molecule has 0 aliphatic carbocycles. The van der Waals surface area contributed by atoms with Crippen LogP contribution in [0.4, 0.5) is 0 Å². The highest BCUT2D eigenvalue weighted by atomic mass is 16.7. The molecule has 0 radical (unpaired) electrons. The molecule has 0 unspecified atom stereocenters. The van der Waals surface area contributed by atoms with E-state index in [1.807, 2.05) is 0 Å². The molecule has 0 aliphatic heterocycles. The fourth-order valence-electron chi connectivity index (χ4n) is 4.18. The van der Waals surface area contributed by atoms with Crippen molar-refractivity contribution in [2.45, 2.75) is 20.3 Å². The van der Waals surface area contributed by atoms with Gasteiger partial charge in [-0.05, 0) is 55.5 Å². The molecule has 0 spiro atoms. The molecule has 53 heavy (non-hydrogen) atoms. The minimum absolute atomic E-state index is 0.0473. The molecule has 4 aromatic carbocycles. The van der Waals surface area contributed by atoms with Crippen molar-refractivity contribution in [1.29, 1.82) is 0 Å². The summed E-state index contributed by atoms with van der Waals surface area (Å²) >= 11 is 0. The van der Waals surface area contributed by atoms with E-state index in [0.29, 0.717) is 11.5 Å². The fourth-order valence-corrected chi connectivity index (χ4v) is 4.18. The number of methoxy groups -OCH3 is 2. The number of esters is 6. The maximum Gasteiger partial charge on any atom is 0.344 e. The van der Waals surface area contributed by atoms with E-state index in [2.05, 4.69) is 0 Å². The van der Waals surface area contributed by atoms with Gasteiger partial charge in [0.05, 0.1) is 14.2 Å². The second-order valence-corrected chi connectivity index (χ2v) is 10.3. The number of rotatable bonds is 14. The zero-order chi connectivity index (χ0) is 38.8. The predicted octanol–water partition coefficient (Wildman–Crippen LogP) is 5.14. The van der Waals surface area contributed by atoms with E-state index in [9.17, 15) is 33.6 Å². The molecule has 0 amide bonds. The second kappa shape index (κ2) is 20.6. The molecule has 0 fully saturated rings. The summed E-state index contributed by atoms with van der Waals surface area (Å²) in [6.07, 6.45) is -0.417. The van der Waals surface area contributed by atoms with E-state index in [-0.39, 0.29) is 39.5 Å². The summed E-state index contributed by atoms with van der Waals surface area (Å²) < 4.78 is 39.7. The Balaban J connectivity index is 0.000000287. The number of para-hydroxylation sites is 4. The maximum absolute atomic E-state index is 12.2. The van der Waals surface area contributed by atoms with Crippen molar-refractivity contribution < 1.29 is 71.5 Å². The Hall–Kier alpha value is -7.03. The molecule has 0 aliphatic rings. The van der Waals surface area contributed by atoms with Crippen LogP contribution in [0.5, 0.6) is 23.0 Å². The number of hydrogen-bond acceptors (Lipinski definition) is 15. The molecule has 15 heteroatoms. The Kier molecular flexibility index (Phi) is 15.7. The lowest BCUT2D eigenvalue weighted by atomic mass is 10.2. The summed E-state index contributed by atoms with van der Waals surface area (Å²) in [5, 5.41) is 0. The average molecular weight is 731 g/mol. The van der Waals surface area contributed by atoms with Crippen molar-refractivity contribution in [3.05, 3.63) is 119 Å². The normalized spacial score (nSPS) is 9.89. The molecule has 276 valence electrons. The van der Waals surface area contributed by atoms with Crippen molar-refractivity contribution in [2.75, 3.05) is 27.8 Å². The van der Waals surface area contributed by atoms with Gasteiger partial charge in [-0.15, -0.1) is 0 Å². The third-order valence-corrected chi connectivity index (χ3v) is 6.50. The van der Waals surface area contributed by atoms with Crippen molar-refractivity contribution in [3.63, 3.8) is 0 Å². The molecule has 0 atom stereocenters. The van der Waals surface area contributed by atoms with Gasteiger partial charge in [0, 0.05) is 6.92 Å². The highest BCUT2D eigenvalue weighted by Crippen LogP contribution is 2.22. The van der Waals surface area contributed by atoms with E-state index in [1.54, 1.807) is 60.7 Å². The number of ether oxygens (including phenoxy) is 8. The first-order valence-corrected chi connectivity index (χ1v) is 15.5. The largest absolute Gasteiger partial charge is 0.496 e. The number of ketones is 1. The lowest BCUT2D eigenvalue weighted by Crippen LogP contribution is -2.17. The Morgan fingerprint density at radius 1 is 0.434 bits per heavy atom. The first-order valence-electron chi connectivity index (χ1n) is 15.5. The maximum atomic E-state index is 12.2. The van der Waals surface area contributed by atoms with Crippen molar-refractivity contribution >= 4 is 41.6 Å². The summed E-state index contributed by atoms with van der Waals surface area (Å²) in [7, 11) is 2.84. The van der Waals surface area contributed by atoms with Crippen LogP contribution in [0.25, 0.3) is 0 Å². The molecule has 4 rings (SSSR count). The monoisotopic (exact) mass is 730 g/mol. The Morgan fingerprint density at radius 2 is 0.736 bits per heavy atom. The number of hydrogen-bond donors (Lipinski definition) is 0. The van der Waals surface area contributed by atoms with Crippen molar-refractivity contribution in [3.8, 4) is 23.0 Å².